The first kappa shape index (κ1) is 17.7. The highest BCUT2D eigenvalue weighted by atomic mass is 32.2. The number of aryl methyl sites for hydroxylation is 1. The van der Waals surface area contributed by atoms with Gasteiger partial charge in [0.1, 0.15) is 11.5 Å². The molecule has 0 bridgehead atoms. The summed E-state index contributed by atoms with van der Waals surface area (Å²) in [6.45, 7) is 3.76. The van der Waals surface area contributed by atoms with Crippen LogP contribution in [0.5, 0.6) is 11.5 Å². The Bertz CT molecular complexity index is 1090. The number of fused-ring (bicyclic) bond motifs is 5. The molecule has 0 unspecified atom stereocenters. The van der Waals surface area contributed by atoms with Crippen LogP contribution in [0.3, 0.4) is 0 Å². The van der Waals surface area contributed by atoms with Crippen LogP contribution in [-0.4, -0.2) is 13.9 Å². The molecule has 0 saturated carbocycles. The standard InChI is InChI=1S/C18H14F3NO4S/c1-10-3-5-15-17(7-10)25-11(2)16-9-12-8-13(4-6-14(12)22(15)16)26-27(23,24)18(19,20)21/h3-8H,9H2,1-2H3. The van der Waals surface area contributed by atoms with Crippen molar-refractivity contribution < 1.29 is 30.5 Å². The van der Waals surface area contributed by atoms with Gasteiger partial charge in [0.2, 0.25) is 0 Å². The molecule has 0 saturated heterocycles. The molecule has 2 heterocycles. The Morgan fingerprint density at radius 1 is 1.07 bits per heavy atom. The fourth-order valence-corrected chi connectivity index (χ4v) is 3.67. The number of alkyl halides is 3. The summed E-state index contributed by atoms with van der Waals surface area (Å²) in [4.78, 5) is 1.96. The van der Waals surface area contributed by atoms with Crippen LogP contribution >= 0.6 is 0 Å². The number of hydrogen-bond acceptors (Lipinski definition) is 5. The van der Waals surface area contributed by atoms with Crippen molar-refractivity contribution >= 4 is 21.5 Å². The van der Waals surface area contributed by atoms with E-state index in [2.05, 4.69) is 4.18 Å². The molecule has 0 fully saturated rings. The minimum absolute atomic E-state index is 0.380. The van der Waals surface area contributed by atoms with Gasteiger partial charge in [-0.1, -0.05) is 6.07 Å². The van der Waals surface area contributed by atoms with Crippen molar-refractivity contribution in [2.24, 2.45) is 0 Å². The number of rotatable bonds is 2. The zero-order chi connectivity index (χ0) is 19.6. The summed E-state index contributed by atoms with van der Waals surface area (Å²) in [5.41, 5.74) is -1.39. The lowest BCUT2D eigenvalue weighted by Gasteiger charge is -2.30. The Kier molecular flexibility index (Phi) is 3.71. The molecule has 5 nitrogen and oxygen atoms in total. The lowest BCUT2D eigenvalue weighted by atomic mass is 10.1. The van der Waals surface area contributed by atoms with Gasteiger partial charge in [0.15, 0.2) is 5.75 Å². The molecule has 4 rings (SSSR count). The molecular weight excluding hydrogens is 383 g/mol. The third-order valence-corrected chi connectivity index (χ3v) is 5.41. The van der Waals surface area contributed by atoms with E-state index in [1.165, 1.54) is 12.1 Å². The molecule has 0 aliphatic carbocycles. The number of benzene rings is 2. The Hall–Kier alpha value is -2.68. The van der Waals surface area contributed by atoms with E-state index < -0.39 is 15.6 Å². The number of hydrogen-bond donors (Lipinski definition) is 0. The highest BCUT2D eigenvalue weighted by Crippen LogP contribution is 2.49. The van der Waals surface area contributed by atoms with E-state index in [1.54, 1.807) is 6.07 Å². The van der Waals surface area contributed by atoms with Gasteiger partial charge < -0.3 is 13.8 Å². The maximum atomic E-state index is 12.5. The van der Waals surface area contributed by atoms with Gasteiger partial charge in [-0.2, -0.15) is 21.6 Å². The van der Waals surface area contributed by atoms with Gasteiger partial charge in [0, 0.05) is 12.1 Å². The van der Waals surface area contributed by atoms with E-state index in [9.17, 15) is 21.6 Å². The number of halogens is 3. The van der Waals surface area contributed by atoms with E-state index in [4.69, 9.17) is 4.74 Å². The summed E-state index contributed by atoms with van der Waals surface area (Å²) in [5, 5.41) is 0. The van der Waals surface area contributed by atoms with Gasteiger partial charge in [-0.25, -0.2) is 0 Å². The van der Waals surface area contributed by atoms with Crippen molar-refractivity contribution in [3.8, 4) is 11.5 Å². The molecule has 2 aliphatic rings. The third kappa shape index (κ3) is 2.82. The lowest BCUT2D eigenvalue weighted by molar-refractivity contribution is -0.0500. The smallest absolute Gasteiger partial charge is 0.458 e. The van der Waals surface area contributed by atoms with Gasteiger partial charge in [-0.15, -0.1) is 0 Å². The van der Waals surface area contributed by atoms with Gasteiger partial charge in [0.25, 0.3) is 0 Å². The Morgan fingerprint density at radius 3 is 2.48 bits per heavy atom. The minimum Gasteiger partial charge on any atom is -0.458 e. The van der Waals surface area contributed by atoms with Crippen molar-refractivity contribution in [3.05, 3.63) is 59.0 Å². The van der Waals surface area contributed by atoms with Gasteiger partial charge >= 0.3 is 15.6 Å². The largest absolute Gasteiger partial charge is 0.534 e. The summed E-state index contributed by atoms with van der Waals surface area (Å²) in [7, 11) is -5.71. The summed E-state index contributed by atoms with van der Waals surface area (Å²) in [5.74, 6) is 0.980. The predicted octanol–water partition coefficient (Wildman–Crippen LogP) is 4.54. The quantitative estimate of drug-likeness (QED) is 0.550. The van der Waals surface area contributed by atoms with E-state index in [0.29, 0.717) is 23.5 Å². The van der Waals surface area contributed by atoms with Gasteiger partial charge in [0.05, 0.1) is 11.4 Å². The molecule has 0 spiro atoms. The zero-order valence-corrected chi connectivity index (χ0v) is 15.1. The molecule has 142 valence electrons. The molecule has 2 aromatic rings. The van der Waals surface area contributed by atoms with Crippen molar-refractivity contribution in [1.29, 1.82) is 0 Å². The first-order valence-electron chi connectivity index (χ1n) is 7.99. The normalized spacial score (nSPS) is 15.8. The van der Waals surface area contributed by atoms with Gasteiger partial charge in [-0.05, 0) is 55.3 Å². The van der Waals surface area contributed by atoms with Crippen LogP contribution in [0.4, 0.5) is 24.5 Å². The molecule has 9 heteroatoms. The second kappa shape index (κ2) is 5.66. The second-order valence-electron chi connectivity index (χ2n) is 6.36. The summed E-state index contributed by atoms with van der Waals surface area (Å²) in [6, 6.07) is 9.82. The molecule has 0 radical (unpaired) electrons. The monoisotopic (exact) mass is 397 g/mol. The number of nitrogens with zero attached hydrogens (tertiary/aromatic N) is 1. The highest BCUT2D eigenvalue weighted by molar-refractivity contribution is 7.88. The van der Waals surface area contributed by atoms with E-state index in [-0.39, 0.29) is 5.75 Å². The van der Waals surface area contributed by atoms with Crippen molar-refractivity contribution in [2.75, 3.05) is 4.90 Å². The Morgan fingerprint density at radius 2 is 1.78 bits per heavy atom. The van der Waals surface area contributed by atoms with E-state index in [0.717, 1.165) is 22.6 Å². The molecular formula is C18H14F3NO4S. The SMILES string of the molecule is CC1=C2Cc3cc(OS(=O)(=O)C(F)(F)F)ccc3N2c2ccc(C)cc2O1. The number of allylic oxidation sites excluding steroid dienone is 2. The van der Waals surface area contributed by atoms with E-state index >= 15 is 0 Å². The Labute approximate surface area is 153 Å². The molecule has 2 aromatic carbocycles. The molecule has 0 N–H and O–H groups in total. The van der Waals surface area contributed by atoms with Crippen molar-refractivity contribution in [3.63, 3.8) is 0 Å². The maximum absolute atomic E-state index is 12.5. The van der Waals surface area contributed by atoms with Crippen molar-refractivity contribution in [1.82, 2.24) is 0 Å². The molecule has 0 aromatic heterocycles. The Balaban J connectivity index is 1.75. The lowest BCUT2D eigenvalue weighted by Crippen LogP contribution is -2.28. The molecule has 0 amide bonds. The first-order valence-corrected chi connectivity index (χ1v) is 9.40. The first-order chi connectivity index (χ1) is 12.6. The van der Waals surface area contributed by atoms with Crippen LogP contribution in [0.1, 0.15) is 18.1 Å². The minimum atomic E-state index is -5.71. The fourth-order valence-electron chi connectivity index (χ4n) is 3.22. The van der Waals surface area contributed by atoms with Crippen molar-refractivity contribution in [2.45, 2.75) is 25.8 Å². The van der Waals surface area contributed by atoms with E-state index in [1.807, 2.05) is 36.9 Å². The number of ether oxygens (including phenoxy) is 1. The summed E-state index contributed by atoms with van der Waals surface area (Å²) >= 11 is 0. The average Bonchev–Trinajstić information content (AvgIpc) is 2.92. The topological polar surface area (TPSA) is 55.8 Å². The maximum Gasteiger partial charge on any atom is 0.534 e. The second-order valence-corrected chi connectivity index (χ2v) is 7.90. The zero-order valence-electron chi connectivity index (χ0n) is 14.3. The van der Waals surface area contributed by atoms with Crippen LogP contribution in [-0.2, 0) is 16.5 Å². The average molecular weight is 397 g/mol. The fraction of sp³-hybridized carbons (Fsp3) is 0.222. The van der Waals surface area contributed by atoms with Gasteiger partial charge in [-0.3, -0.25) is 0 Å². The van der Waals surface area contributed by atoms with Crippen LogP contribution in [0.15, 0.2) is 47.9 Å². The third-order valence-electron chi connectivity index (χ3n) is 4.43. The summed E-state index contributed by atoms with van der Waals surface area (Å²) < 4.78 is 70.2. The van der Waals surface area contributed by atoms with Crippen LogP contribution in [0.2, 0.25) is 0 Å². The number of anilines is 2. The van der Waals surface area contributed by atoms with Crippen LogP contribution < -0.4 is 13.8 Å². The molecule has 2 aliphatic heterocycles. The summed E-state index contributed by atoms with van der Waals surface area (Å²) in [6.07, 6.45) is 0.387. The molecule has 0 atom stereocenters. The van der Waals surface area contributed by atoms with Crippen LogP contribution in [0, 0.1) is 6.92 Å². The molecule has 27 heavy (non-hydrogen) atoms. The highest BCUT2D eigenvalue weighted by Gasteiger charge is 2.48. The van der Waals surface area contributed by atoms with Crippen LogP contribution in [0.25, 0.3) is 0 Å². The predicted molar refractivity (Wildman–Crippen MR) is 92.4 cm³/mol.